The normalized spacial score (nSPS) is 18.6. The predicted molar refractivity (Wildman–Crippen MR) is 120 cm³/mol. The van der Waals surface area contributed by atoms with E-state index < -0.39 is 0 Å². The Morgan fingerprint density at radius 1 is 1.23 bits per heavy atom. The summed E-state index contributed by atoms with van der Waals surface area (Å²) in [5, 5.41) is 0.964. The largest absolute Gasteiger partial charge is 0.423 e. The highest BCUT2D eigenvalue weighted by Crippen LogP contribution is 2.39. The molecule has 0 spiro atoms. The third-order valence-corrected chi connectivity index (χ3v) is 6.25. The van der Waals surface area contributed by atoms with Gasteiger partial charge in [-0.05, 0) is 66.6 Å². The molecule has 0 bridgehead atoms. The molecule has 4 rings (SSSR count). The molecule has 2 heterocycles. The Kier molecular flexibility index (Phi) is 5.14. The summed E-state index contributed by atoms with van der Waals surface area (Å²) in [4.78, 5) is 26.6. The molecule has 2 aromatic carbocycles. The first-order valence-electron chi connectivity index (χ1n) is 10.5. The van der Waals surface area contributed by atoms with Gasteiger partial charge in [0.1, 0.15) is 5.58 Å². The van der Waals surface area contributed by atoms with Gasteiger partial charge in [-0.2, -0.15) is 0 Å². The van der Waals surface area contributed by atoms with E-state index in [1.165, 1.54) is 5.56 Å². The minimum atomic E-state index is -0.345. The molecule has 5 heteroatoms. The summed E-state index contributed by atoms with van der Waals surface area (Å²) >= 11 is 0. The summed E-state index contributed by atoms with van der Waals surface area (Å²) in [6.45, 7) is 9.05. The van der Waals surface area contributed by atoms with Gasteiger partial charge in [0.15, 0.2) is 0 Å². The molecule has 30 heavy (non-hydrogen) atoms. The average molecular weight is 405 g/mol. The van der Waals surface area contributed by atoms with Crippen LogP contribution in [0, 0.1) is 6.92 Å². The van der Waals surface area contributed by atoms with Crippen LogP contribution in [0.2, 0.25) is 0 Å². The maximum Gasteiger partial charge on any atom is 0.336 e. The van der Waals surface area contributed by atoms with E-state index >= 15 is 0 Å². The van der Waals surface area contributed by atoms with Gasteiger partial charge in [0, 0.05) is 29.7 Å². The second kappa shape index (κ2) is 7.63. The zero-order valence-corrected chi connectivity index (χ0v) is 17.9. The van der Waals surface area contributed by atoms with E-state index in [0.29, 0.717) is 24.5 Å². The molecule has 156 valence electrons. The topological polar surface area (TPSA) is 76.5 Å². The lowest BCUT2D eigenvalue weighted by Crippen LogP contribution is -2.41. The molecule has 0 radical (unpaired) electrons. The van der Waals surface area contributed by atoms with E-state index in [1.54, 1.807) is 6.07 Å². The van der Waals surface area contributed by atoms with Gasteiger partial charge in [0.25, 0.3) is 0 Å². The molecule has 0 fully saturated rings. The molecule has 5 nitrogen and oxygen atoms in total. The Morgan fingerprint density at radius 2 is 1.97 bits per heavy atom. The lowest BCUT2D eigenvalue weighted by atomic mass is 9.85. The lowest BCUT2D eigenvalue weighted by molar-refractivity contribution is -0.119. The second-order valence-electron chi connectivity index (χ2n) is 8.68. The van der Waals surface area contributed by atoms with Gasteiger partial charge in [0.05, 0.1) is 5.92 Å². The fraction of sp³-hybridized carbons (Fsp3) is 0.360. The van der Waals surface area contributed by atoms with E-state index in [9.17, 15) is 9.59 Å². The van der Waals surface area contributed by atoms with Crippen LogP contribution in [0.1, 0.15) is 61.3 Å². The highest BCUT2D eigenvalue weighted by Gasteiger charge is 2.33. The molecule has 1 aliphatic heterocycles. The van der Waals surface area contributed by atoms with Crippen LogP contribution in [0.3, 0.4) is 0 Å². The molecule has 1 amide bonds. The number of hydrogen-bond donors (Lipinski definition) is 1. The maximum absolute atomic E-state index is 12.3. The Balaban J connectivity index is 1.84. The highest BCUT2D eigenvalue weighted by atomic mass is 16.4. The number of carbonyl (C=O) groups excluding carboxylic acids is 1. The van der Waals surface area contributed by atoms with Crippen LogP contribution in [-0.4, -0.2) is 11.9 Å². The summed E-state index contributed by atoms with van der Waals surface area (Å²) in [6.07, 6.45) is 0.655. The molecule has 0 aliphatic carbocycles. The molecule has 0 unspecified atom stereocenters. The van der Waals surface area contributed by atoms with Gasteiger partial charge in [-0.25, -0.2) is 4.79 Å². The van der Waals surface area contributed by atoms with Crippen LogP contribution >= 0.6 is 0 Å². The quantitative estimate of drug-likeness (QED) is 0.645. The van der Waals surface area contributed by atoms with Crippen molar-refractivity contribution < 1.29 is 9.21 Å². The third-order valence-electron chi connectivity index (χ3n) is 6.25. The van der Waals surface area contributed by atoms with Crippen molar-refractivity contribution in [3.8, 4) is 0 Å². The highest BCUT2D eigenvalue weighted by molar-refractivity contribution is 5.86. The number of rotatable bonds is 4. The minimum absolute atomic E-state index is 0.106. The van der Waals surface area contributed by atoms with Crippen LogP contribution in [-0.2, 0) is 11.3 Å². The fourth-order valence-electron chi connectivity index (χ4n) is 4.71. The van der Waals surface area contributed by atoms with Crippen molar-refractivity contribution in [1.29, 1.82) is 0 Å². The van der Waals surface area contributed by atoms with Gasteiger partial charge in [-0.15, -0.1) is 0 Å². The number of anilines is 1. The molecule has 0 saturated carbocycles. The molecular weight excluding hydrogens is 376 g/mol. The summed E-state index contributed by atoms with van der Waals surface area (Å²) in [5.41, 5.74) is 11.2. The summed E-state index contributed by atoms with van der Waals surface area (Å²) in [5.74, 6) is -0.211. The number of para-hydroxylation sites is 1. The lowest BCUT2D eigenvalue weighted by Gasteiger charge is -2.40. The average Bonchev–Trinajstić information content (AvgIpc) is 2.68. The van der Waals surface area contributed by atoms with Crippen molar-refractivity contribution in [3.05, 3.63) is 75.1 Å². The number of aryl methyl sites for hydroxylation is 1. The first kappa shape index (κ1) is 20.2. The van der Waals surface area contributed by atoms with Crippen molar-refractivity contribution in [2.45, 2.75) is 58.5 Å². The SMILES string of the molecule is Cc1cc2oc(=O)cc(CN3c4ccccc4[C@@H](C(N)=O)C[C@@H]3C)c2cc1C(C)C. The number of fused-ring (bicyclic) bond motifs is 2. The van der Waals surface area contributed by atoms with Gasteiger partial charge >= 0.3 is 5.63 Å². The smallest absolute Gasteiger partial charge is 0.336 e. The second-order valence-corrected chi connectivity index (χ2v) is 8.68. The Hall–Kier alpha value is -3.08. The van der Waals surface area contributed by atoms with Crippen LogP contribution in [0.15, 0.2) is 51.7 Å². The van der Waals surface area contributed by atoms with Crippen LogP contribution in [0.5, 0.6) is 0 Å². The number of benzene rings is 2. The minimum Gasteiger partial charge on any atom is -0.423 e. The maximum atomic E-state index is 12.3. The Bertz CT molecular complexity index is 1180. The summed E-state index contributed by atoms with van der Waals surface area (Å²) in [6, 6.07) is 13.7. The molecule has 0 saturated heterocycles. The number of carbonyl (C=O) groups is 1. The van der Waals surface area contributed by atoms with E-state index in [4.69, 9.17) is 10.2 Å². The number of nitrogens with zero attached hydrogens (tertiary/aromatic N) is 1. The van der Waals surface area contributed by atoms with Crippen LogP contribution < -0.4 is 16.3 Å². The number of nitrogens with two attached hydrogens (primary N) is 1. The first-order chi connectivity index (χ1) is 14.3. The van der Waals surface area contributed by atoms with Crippen LogP contribution in [0.4, 0.5) is 5.69 Å². The van der Waals surface area contributed by atoms with E-state index in [-0.39, 0.29) is 23.5 Å². The number of amides is 1. The Morgan fingerprint density at radius 3 is 2.67 bits per heavy atom. The standard InChI is InChI=1S/C25H28N2O3/c1-14(2)19-12-20-17(11-24(28)30-23(20)9-15(19)3)13-27-16(4)10-21(25(26)29)18-7-5-6-8-22(18)27/h5-9,11-12,14,16,21H,10,13H2,1-4H3,(H2,26,29)/t16-,21-/m0/s1. The summed E-state index contributed by atoms with van der Waals surface area (Å²) in [7, 11) is 0. The molecular formula is C25H28N2O3. The van der Waals surface area contributed by atoms with Crippen molar-refractivity contribution in [1.82, 2.24) is 0 Å². The van der Waals surface area contributed by atoms with Gasteiger partial charge in [-0.1, -0.05) is 32.0 Å². The first-order valence-corrected chi connectivity index (χ1v) is 10.5. The third kappa shape index (κ3) is 3.49. The van der Waals surface area contributed by atoms with Gasteiger partial charge in [0.2, 0.25) is 5.91 Å². The molecule has 2 atom stereocenters. The Labute approximate surface area is 176 Å². The monoisotopic (exact) mass is 404 g/mol. The van der Waals surface area contributed by atoms with Crippen molar-refractivity contribution >= 4 is 22.6 Å². The van der Waals surface area contributed by atoms with Gasteiger partial charge in [-0.3, -0.25) is 4.79 Å². The molecule has 1 aromatic heterocycles. The zero-order chi connectivity index (χ0) is 21.6. The van der Waals surface area contributed by atoms with Crippen molar-refractivity contribution in [2.24, 2.45) is 5.73 Å². The van der Waals surface area contributed by atoms with E-state index in [2.05, 4.69) is 31.7 Å². The molecule has 2 N–H and O–H groups in total. The summed E-state index contributed by atoms with van der Waals surface area (Å²) < 4.78 is 5.52. The zero-order valence-electron chi connectivity index (χ0n) is 17.9. The number of primary amides is 1. The molecule has 3 aromatic rings. The van der Waals surface area contributed by atoms with Crippen molar-refractivity contribution in [2.75, 3.05) is 4.90 Å². The van der Waals surface area contributed by atoms with E-state index in [0.717, 1.165) is 27.8 Å². The van der Waals surface area contributed by atoms with Gasteiger partial charge < -0.3 is 15.1 Å². The fourth-order valence-corrected chi connectivity index (χ4v) is 4.71. The number of hydrogen-bond acceptors (Lipinski definition) is 4. The van der Waals surface area contributed by atoms with Crippen molar-refractivity contribution in [3.63, 3.8) is 0 Å². The van der Waals surface area contributed by atoms with Crippen LogP contribution in [0.25, 0.3) is 11.0 Å². The molecule has 1 aliphatic rings. The predicted octanol–water partition coefficient (Wildman–Crippen LogP) is 4.59. The van der Waals surface area contributed by atoms with E-state index in [1.807, 2.05) is 37.3 Å².